The van der Waals surface area contributed by atoms with Crippen LogP contribution in [-0.4, -0.2) is 22.4 Å². The number of hydrogen-bond donors (Lipinski definition) is 2. The molecule has 0 rings (SSSR count). The molecule has 0 aliphatic carbocycles. The van der Waals surface area contributed by atoms with Crippen molar-refractivity contribution in [1.82, 2.24) is 0 Å². The summed E-state index contributed by atoms with van der Waals surface area (Å²) in [5.74, 6) is 0. The highest BCUT2D eigenvalue weighted by Gasteiger charge is 2.01. The van der Waals surface area contributed by atoms with E-state index in [1.807, 2.05) is 12.2 Å². The van der Waals surface area contributed by atoms with Crippen molar-refractivity contribution < 1.29 is 10.2 Å². The van der Waals surface area contributed by atoms with Gasteiger partial charge in [0.1, 0.15) is 0 Å². The molecule has 0 bridgehead atoms. The first kappa shape index (κ1) is 14.7. The lowest BCUT2D eigenvalue weighted by Crippen LogP contribution is -2.06. The molecule has 0 aliphatic heterocycles. The summed E-state index contributed by atoms with van der Waals surface area (Å²) in [5.41, 5.74) is 0. The van der Waals surface area contributed by atoms with Crippen LogP contribution in [0.15, 0.2) is 12.2 Å². The van der Waals surface area contributed by atoms with Crippen LogP contribution in [0.2, 0.25) is 0 Å². The average Bonchev–Trinajstić information content (AvgIpc) is 2.23. The molecule has 2 nitrogen and oxygen atoms in total. The van der Waals surface area contributed by atoms with Gasteiger partial charge in [0.05, 0.1) is 12.2 Å². The SMILES string of the molecule is CCCC[C@@H](O)C/C=C\[C@H](O)CCCC. The number of aliphatic hydroxyl groups is 2. The highest BCUT2D eigenvalue weighted by atomic mass is 16.3. The summed E-state index contributed by atoms with van der Waals surface area (Å²) in [7, 11) is 0. The van der Waals surface area contributed by atoms with E-state index in [0.29, 0.717) is 6.42 Å². The van der Waals surface area contributed by atoms with Crippen molar-refractivity contribution in [3.05, 3.63) is 12.2 Å². The fraction of sp³-hybridized carbons (Fsp3) is 0.846. The maximum absolute atomic E-state index is 9.54. The summed E-state index contributed by atoms with van der Waals surface area (Å²) in [6, 6.07) is 0. The first-order valence-electron chi connectivity index (χ1n) is 6.23. The smallest absolute Gasteiger partial charge is 0.0720 e. The standard InChI is InChI=1S/C13H26O2/c1-3-5-8-12(14)10-7-11-13(15)9-6-4-2/h7,10,12-15H,3-6,8-9,11H2,1-2H3/b10-7-/t12-,13-/m1/s1. The average molecular weight is 214 g/mol. The largest absolute Gasteiger partial charge is 0.393 e. The maximum Gasteiger partial charge on any atom is 0.0720 e. The minimum atomic E-state index is -0.330. The lowest BCUT2D eigenvalue weighted by Gasteiger charge is -2.07. The molecule has 90 valence electrons. The quantitative estimate of drug-likeness (QED) is 0.579. The monoisotopic (exact) mass is 214 g/mol. The van der Waals surface area contributed by atoms with Crippen molar-refractivity contribution in [2.45, 2.75) is 71.0 Å². The third-order valence-electron chi connectivity index (χ3n) is 2.51. The topological polar surface area (TPSA) is 40.5 Å². The zero-order valence-electron chi connectivity index (χ0n) is 10.2. The van der Waals surface area contributed by atoms with Crippen LogP contribution in [0.4, 0.5) is 0 Å². The zero-order valence-corrected chi connectivity index (χ0v) is 10.2. The second kappa shape index (κ2) is 10.2. The van der Waals surface area contributed by atoms with E-state index in [1.54, 1.807) is 0 Å². The Hall–Kier alpha value is -0.340. The molecule has 0 fully saturated rings. The Morgan fingerprint density at radius 3 is 2.20 bits per heavy atom. The molecule has 0 aliphatic rings. The summed E-state index contributed by atoms with van der Waals surface area (Å²) >= 11 is 0. The lowest BCUT2D eigenvalue weighted by molar-refractivity contribution is 0.163. The van der Waals surface area contributed by atoms with E-state index >= 15 is 0 Å². The van der Waals surface area contributed by atoms with Crippen LogP contribution in [0.5, 0.6) is 0 Å². The molecule has 15 heavy (non-hydrogen) atoms. The second-order valence-corrected chi connectivity index (χ2v) is 4.17. The Kier molecular flexibility index (Phi) is 9.96. The van der Waals surface area contributed by atoms with Crippen LogP contribution >= 0.6 is 0 Å². The molecule has 0 heterocycles. The van der Waals surface area contributed by atoms with E-state index in [-0.39, 0.29) is 12.2 Å². The van der Waals surface area contributed by atoms with Crippen LogP contribution in [0.1, 0.15) is 58.8 Å². The van der Waals surface area contributed by atoms with Gasteiger partial charge in [0.2, 0.25) is 0 Å². The molecule has 0 aromatic rings. The molecule has 0 saturated heterocycles. The van der Waals surface area contributed by atoms with E-state index < -0.39 is 0 Å². The first-order chi connectivity index (χ1) is 7.20. The van der Waals surface area contributed by atoms with E-state index in [4.69, 9.17) is 0 Å². The Labute approximate surface area is 94.0 Å². The first-order valence-corrected chi connectivity index (χ1v) is 6.23. The third-order valence-corrected chi connectivity index (χ3v) is 2.51. The van der Waals surface area contributed by atoms with Gasteiger partial charge in [-0.2, -0.15) is 0 Å². The summed E-state index contributed by atoms with van der Waals surface area (Å²) in [5, 5.41) is 19.0. The summed E-state index contributed by atoms with van der Waals surface area (Å²) < 4.78 is 0. The normalized spacial score (nSPS) is 15.7. The van der Waals surface area contributed by atoms with Crippen molar-refractivity contribution in [3.8, 4) is 0 Å². The van der Waals surface area contributed by atoms with E-state index in [2.05, 4.69) is 13.8 Å². The van der Waals surface area contributed by atoms with E-state index in [1.165, 1.54) is 0 Å². The fourth-order valence-electron chi connectivity index (χ4n) is 1.46. The van der Waals surface area contributed by atoms with Crippen LogP contribution in [0, 0.1) is 0 Å². The van der Waals surface area contributed by atoms with Crippen LogP contribution in [-0.2, 0) is 0 Å². The van der Waals surface area contributed by atoms with Gasteiger partial charge in [-0.1, -0.05) is 51.7 Å². The molecule has 2 heteroatoms. The van der Waals surface area contributed by atoms with Gasteiger partial charge in [0.25, 0.3) is 0 Å². The molecule has 0 saturated carbocycles. The van der Waals surface area contributed by atoms with E-state index in [9.17, 15) is 10.2 Å². The Balaban J connectivity index is 3.50. The van der Waals surface area contributed by atoms with Crippen molar-refractivity contribution in [2.24, 2.45) is 0 Å². The molecule has 2 N–H and O–H groups in total. The molecule has 0 amide bonds. The lowest BCUT2D eigenvalue weighted by atomic mass is 10.1. The molecule has 2 atom stereocenters. The number of aliphatic hydroxyl groups excluding tert-OH is 2. The highest BCUT2D eigenvalue weighted by molar-refractivity contribution is 4.89. The van der Waals surface area contributed by atoms with Gasteiger partial charge in [-0.15, -0.1) is 0 Å². The Morgan fingerprint density at radius 1 is 1.00 bits per heavy atom. The minimum Gasteiger partial charge on any atom is -0.393 e. The van der Waals surface area contributed by atoms with Gasteiger partial charge < -0.3 is 10.2 Å². The Bertz CT molecular complexity index is 155. The van der Waals surface area contributed by atoms with Gasteiger partial charge in [-0.3, -0.25) is 0 Å². The van der Waals surface area contributed by atoms with Crippen LogP contribution in [0.25, 0.3) is 0 Å². The van der Waals surface area contributed by atoms with Crippen LogP contribution in [0.3, 0.4) is 0 Å². The predicted molar refractivity (Wildman–Crippen MR) is 64.8 cm³/mol. The van der Waals surface area contributed by atoms with Gasteiger partial charge in [0, 0.05) is 0 Å². The predicted octanol–water partition coefficient (Wildman–Crippen LogP) is 3.03. The zero-order chi connectivity index (χ0) is 11.5. The van der Waals surface area contributed by atoms with Gasteiger partial charge in [0.15, 0.2) is 0 Å². The van der Waals surface area contributed by atoms with Gasteiger partial charge >= 0.3 is 0 Å². The minimum absolute atomic E-state index is 0.237. The third kappa shape index (κ3) is 9.95. The number of rotatable bonds is 9. The number of hydrogen-bond acceptors (Lipinski definition) is 2. The van der Waals surface area contributed by atoms with Crippen molar-refractivity contribution in [3.63, 3.8) is 0 Å². The fourth-order valence-corrected chi connectivity index (χ4v) is 1.46. The molecule has 0 radical (unpaired) electrons. The summed E-state index contributed by atoms with van der Waals surface area (Å²) in [6.07, 6.45) is 9.89. The molecular weight excluding hydrogens is 188 g/mol. The number of unbranched alkanes of at least 4 members (excludes halogenated alkanes) is 2. The highest BCUT2D eigenvalue weighted by Crippen LogP contribution is 2.06. The van der Waals surface area contributed by atoms with Gasteiger partial charge in [-0.05, 0) is 19.3 Å². The van der Waals surface area contributed by atoms with Gasteiger partial charge in [-0.25, -0.2) is 0 Å². The Morgan fingerprint density at radius 2 is 1.60 bits per heavy atom. The van der Waals surface area contributed by atoms with Crippen molar-refractivity contribution >= 4 is 0 Å². The molecular formula is C13H26O2. The molecule has 0 spiro atoms. The summed E-state index contributed by atoms with van der Waals surface area (Å²) in [4.78, 5) is 0. The van der Waals surface area contributed by atoms with Crippen molar-refractivity contribution in [2.75, 3.05) is 0 Å². The van der Waals surface area contributed by atoms with Crippen LogP contribution < -0.4 is 0 Å². The molecule has 0 aromatic heterocycles. The van der Waals surface area contributed by atoms with Crippen molar-refractivity contribution in [1.29, 1.82) is 0 Å². The molecule has 0 aromatic carbocycles. The van der Waals surface area contributed by atoms with E-state index in [0.717, 1.165) is 38.5 Å². The maximum atomic E-state index is 9.54. The second-order valence-electron chi connectivity index (χ2n) is 4.17. The molecule has 0 unspecified atom stereocenters. The summed E-state index contributed by atoms with van der Waals surface area (Å²) in [6.45, 7) is 4.24.